The summed E-state index contributed by atoms with van der Waals surface area (Å²) in [5.74, 6) is 0. The van der Waals surface area contributed by atoms with E-state index in [4.69, 9.17) is 0 Å². The molecule has 0 spiro atoms. The van der Waals surface area contributed by atoms with Crippen LogP contribution < -0.4 is 5.32 Å². The Bertz CT molecular complexity index is 28.9. The van der Waals surface area contributed by atoms with Gasteiger partial charge in [0.25, 0.3) is 0 Å². The second-order valence-corrected chi connectivity index (χ2v) is 2.16. The Labute approximate surface area is 60.3 Å². The Balaban J connectivity index is 0. The van der Waals surface area contributed by atoms with E-state index in [0.29, 0.717) is 0 Å². The molecule has 1 aliphatic rings. The molecule has 0 atom stereocenters. The van der Waals surface area contributed by atoms with Crippen molar-refractivity contribution in [2.45, 2.75) is 39.5 Å². The van der Waals surface area contributed by atoms with Crippen LogP contribution in [-0.2, 0) is 0 Å². The summed E-state index contributed by atoms with van der Waals surface area (Å²) in [5.41, 5.74) is 0. The van der Waals surface area contributed by atoms with Crippen LogP contribution in [-0.4, -0.2) is 13.1 Å². The number of hydrogen-bond donors (Lipinski definition) is 1. The van der Waals surface area contributed by atoms with E-state index in [0.717, 1.165) is 0 Å². The molecule has 58 valence electrons. The summed E-state index contributed by atoms with van der Waals surface area (Å²) in [7, 11) is 0. The molecule has 0 aromatic rings. The Kier molecular flexibility index (Phi) is 7.92. The van der Waals surface area contributed by atoms with E-state index in [-0.39, 0.29) is 1.43 Å². The van der Waals surface area contributed by atoms with Crippen molar-refractivity contribution in [2.24, 2.45) is 0 Å². The quantitative estimate of drug-likeness (QED) is 0.532. The maximum Gasteiger partial charge on any atom is 0 e. The van der Waals surface area contributed by atoms with Crippen molar-refractivity contribution in [1.29, 1.82) is 0 Å². The highest BCUT2D eigenvalue weighted by molar-refractivity contribution is 4.54. The third-order valence-corrected chi connectivity index (χ3v) is 1.46. The van der Waals surface area contributed by atoms with Crippen molar-refractivity contribution >= 4 is 0 Å². The normalized spacial score (nSPS) is 19.3. The van der Waals surface area contributed by atoms with E-state index in [1.807, 2.05) is 13.8 Å². The summed E-state index contributed by atoms with van der Waals surface area (Å²) in [6.45, 7) is 6.50. The molecule has 1 N–H and O–H groups in total. The van der Waals surface area contributed by atoms with Gasteiger partial charge in [-0.3, -0.25) is 0 Å². The first-order valence-corrected chi connectivity index (χ1v) is 4.21. The van der Waals surface area contributed by atoms with Crippen LogP contribution in [0, 0.1) is 0 Å². The summed E-state index contributed by atoms with van der Waals surface area (Å²) in [6.07, 6.45) is 5.65. The van der Waals surface area contributed by atoms with Gasteiger partial charge < -0.3 is 5.32 Å². The Morgan fingerprint density at radius 3 is 1.78 bits per heavy atom. The fourth-order valence-electron chi connectivity index (χ4n) is 0.979. The van der Waals surface area contributed by atoms with Gasteiger partial charge in [-0.25, -0.2) is 0 Å². The Hall–Kier alpha value is -0.0400. The number of rotatable bonds is 0. The third-order valence-electron chi connectivity index (χ3n) is 1.46. The maximum atomic E-state index is 3.35. The molecule has 1 aliphatic heterocycles. The molecule has 1 nitrogen and oxygen atoms in total. The minimum Gasteiger partial charge on any atom is -0.317 e. The molecule has 1 heteroatoms. The van der Waals surface area contributed by atoms with Gasteiger partial charge in [0, 0.05) is 1.43 Å². The summed E-state index contributed by atoms with van der Waals surface area (Å²) in [5, 5.41) is 3.35. The van der Waals surface area contributed by atoms with Crippen LogP contribution in [0.4, 0.5) is 0 Å². The van der Waals surface area contributed by atoms with Crippen molar-refractivity contribution < 1.29 is 1.43 Å². The SMILES string of the molecule is C1CCCNCC1.CC.[HH]. The zero-order valence-electron chi connectivity index (χ0n) is 6.74. The van der Waals surface area contributed by atoms with Crippen molar-refractivity contribution in [3.63, 3.8) is 0 Å². The van der Waals surface area contributed by atoms with Crippen molar-refractivity contribution in [2.75, 3.05) is 13.1 Å². The second-order valence-electron chi connectivity index (χ2n) is 2.16. The lowest BCUT2D eigenvalue weighted by atomic mass is 10.2. The molecule has 1 fully saturated rings. The Morgan fingerprint density at radius 1 is 0.889 bits per heavy atom. The van der Waals surface area contributed by atoms with Gasteiger partial charge in [-0.15, -0.1) is 0 Å². The van der Waals surface area contributed by atoms with Crippen LogP contribution in [0.25, 0.3) is 0 Å². The molecule has 0 saturated carbocycles. The third kappa shape index (κ3) is 5.84. The van der Waals surface area contributed by atoms with Gasteiger partial charge in [-0.2, -0.15) is 0 Å². The lowest BCUT2D eigenvalue weighted by Gasteiger charge is -1.91. The zero-order chi connectivity index (χ0) is 6.95. The van der Waals surface area contributed by atoms with E-state index in [1.165, 1.54) is 38.8 Å². The predicted octanol–water partition coefficient (Wildman–Crippen LogP) is 2.42. The molecular weight excluding hydrogens is 110 g/mol. The smallest absolute Gasteiger partial charge is 0 e. The van der Waals surface area contributed by atoms with Crippen LogP contribution in [0.2, 0.25) is 0 Å². The van der Waals surface area contributed by atoms with Crippen LogP contribution >= 0.6 is 0 Å². The largest absolute Gasteiger partial charge is 0.317 e. The van der Waals surface area contributed by atoms with Gasteiger partial charge in [0.15, 0.2) is 0 Å². The van der Waals surface area contributed by atoms with Crippen molar-refractivity contribution in [3.05, 3.63) is 0 Å². The summed E-state index contributed by atoms with van der Waals surface area (Å²) in [6, 6.07) is 0. The molecule has 9 heavy (non-hydrogen) atoms. The van der Waals surface area contributed by atoms with Gasteiger partial charge in [0.2, 0.25) is 0 Å². The van der Waals surface area contributed by atoms with Crippen LogP contribution in [0.15, 0.2) is 0 Å². The van der Waals surface area contributed by atoms with E-state index in [9.17, 15) is 0 Å². The molecular formula is C8H21N. The first-order valence-electron chi connectivity index (χ1n) is 4.21. The fourth-order valence-corrected chi connectivity index (χ4v) is 0.979. The fraction of sp³-hybridized carbons (Fsp3) is 1.00. The van der Waals surface area contributed by atoms with Crippen LogP contribution in [0.1, 0.15) is 41.0 Å². The van der Waals surface area contributed by atoms with Crippen molar-refractivity contribution in [3.8, 4) is 0 Å². The zero-order valence-corrected chi connectivity index (χ0v) is 6.74. The first kappa shape index (κ1) is 8.96. The predicted molar refractivity (Wildman–Crippen MR) is 44.8 cm³/mol. The average Bonchev–Trinajstić information content (AvgIpc) is 2.21. The van der Waals surface area contributed by atoms with Crippen LogP contribution in [0.3, 0.4) is 0 Å². The van der Waals surface area contributed by atoms with E-state index < -0.39 is 0 Å². The van der Waals surface area contributed by atoms with Gasteiger partial charge in [0.1, 0.15) is 0 Å². The topological polar surface area (TPSA) is 12.0 Å². The minimum absolute atomic E-state index is 0. The minimum atomic E-state index is 0. The molecule has 1 heterocycles. The molecule has 0 aliphatic carbocycles. The first-order chi connectivity index (χ1) is 4.50. The summed E-state index contributed by atoms with van der Waals surface area (Å²) < 4.78 is 0. The molecule has 0 amide bonds. The molecule has 0 radical (unpaired) electrons. The van der Waals surface area contributed by atoms with E-state index in [1.54, 1.807) is 0 Å². The maximum absolute atomic E-state index is 3.35. The highest BCUT2D eigenvalue weighted by Gasteiger charge is 1.94. The second kappa shape index (κ2) is 7.96. The van der Waals surface area contributed by atoms with E-state index >= 15 is 0 Å². The number of nitrogens with one attached hydrogen (secondary N) is 1. The molecule has 0 aromatic heterocycles. The summed E-state index contributed by atoms with van der Waals surface area (Å²) in [4.78, 5) is 0. The molecule has 1 saturated heterocycles. The molecule has 0 unspecified atom stereocenters. The van der Waals surface area contributed by atoms with E-state index in [2.05, 4.69) is 5.32 Å². The highest BCUT2D eigenvalue weighted by atomic mass is 14.8. The average molecular weight is 131 g/mol. The van der Waals surface area contributed by atoms with Crippen LogP contribution in [0.5, 0.6) is 0 Å². The van der Waals surface area contributed by atoms with Gasteiger partial charge in [0.05, 0.1) is 0 Å². The standard InChI is InChI=1S/C6H13N.C2H6.H2/c1-2-4-6-7-5-3-1;1-2;/h7H,1-6H2;1-2H3;1H. The molecule has 0 bridgehead atoms. The lowest BCUT2D eigenvalue weighted by Crippen LogP contribution is -2.12. The molecule has 1 rings (SSSR count). The summed E-state index contributed by atoms with van der Waals surface area (Å²) >= 11 is 0. The van der Waals surface area contributed by atoms with Crippen molar-refractivity contribution in [1.82, 2.24) is 5.32 Å². The van der Waals surface area contributed by atoms with Gasteiger partial charge >= 0.3 is 0 Å². The highest BCUT2D eigenvalue weighted by Crippen LogP contribution is 2.00. The molecule has 0 aromatic carbocycles. The van der Waals surface area contributed by atoms with Gasteiger partial charge in [-0.05, 0) is 25.9 Å². The monoisotopic (exact) mass is 131 g/mol. The number of hydrogen-bond acceptors (Lipinski definition) is 1. The Morgan fingerprint density at radius 2 is 1.33 bits per heavy atom. The lowest BCUT2D eigenvalue weighted by molar-refractivity contribution is 0.702. The van der Waals surface area contributed by atoms with Gasteiger partial charge in [-0.1, -0.05) is 26.7 Å².